The van der Waals surface area contributed by atoms with Crippen molar-refractivity contribution in [3.8, 4) is 0 Å². The molecular weight excluding hydrogens is 234 g/mol. The second kappa shape index (κ2) is 5.14. The number of rotatable bonds is 3. The number of nitrogens with zero attached hydrogens (tertiary/aromatic N) is 1. The third-order valence-electron chi connectivity index (χ3n) is 4.05. The number of aryl methyl sites for hydroxylation is 1. The molecule has 1 unspecified atom stereocenters. The van der Waals surface area contributed by atoms with Crippen LogP contribution in [0.15, 0.2) is 42.6 Å². The Hall–Kier alpha value is -1.67. The summed E-state index contributed by atoms with van der Waals surface area (Å²) < 4.78 is 0. The highest BCUT2D eigenvalue weighted by Gasteiger charge is 2.20. The second-order valence-corrected chi connectivity index (χ2v) is 5.46. The molecule has 1 atom stereocenters. The standard InChI is InChI=1S/C17H19NO/c1-12-9-10-18-16(11-12)17(19)15-7-5-14(6-8-15)13-3-2-4-13/h5-11,13,17,19H,2-4H2,1H3. The molecule has 0 radical (unpaired) electrons. The lowest BCUT2D eigenvalue weighted by Crippen LogP contribution is -2.09. The Morgan fingerprint density at radius 3 is 2.47 bits per heavy atom. The molecule has 2 nitrogen and oxygen atoms in total. The van der Waals surface area contributed by atoms with Crippen LogP contribution in [0.4, 0.5) is 0 Å². The first-order valence-electron chi connectivity index (χ1n) is 6.94. The van der Waals surface area contributed by atoms with Gasteiger partial charge in [0.1, 0.15) is 6.10 Å². The van der Waals surface area contributed by atoms with E-state index >= 15 is 0 Å². The van der Waals surface area contributed by atoms with Gasteiger partial charge in [0.15, 0.2) is 0 Å². The molecule has 1 saturated carbocycles. The van der Waals surface area contributed by atoms with Crippen LogP contribution < -0.4 is 0 Å². The average molecular weight is 253 g/mol. The molecule has 0 aliphatic heterocycles. The highest BCUT2D eigenvalue weighted by molar-refractivity contribution is 5.32. The summed E-state index contributed by atoms with van der Waals surface area (Å²) in [6, 6.07) is 12.2. The van der Waals surface area contributed by atoms with E-state index in [2.05, 4.69) is 17.1 Å². The molecule has 98 valence electrons. The summed E-state index contributed by atoms with van der Waals surface area (Å²) in [4.78, 5) is 4.25. The molecule has 0 amide bonds. The van der Waals surface area contributed by atoms with Crippen LogP contribution in [0.1, 0.15) is 53.7 Å². The van der Waals surface area contributed by atoms with Crippen LogP contribution in [0.2, 0.25) is 0 Å². The second-order valence-electron chi connectivity index (χ2n) is 5.46. The minimum atomic E-state index is -0.629. The number of pyridine rings is 1. The first kappa shape index (κ1) is 12.4. The molecule has 1 aromatic carbocycles. The van der Waals surface area contributed by atoms with Gasteiger partial charge in [-0.2, -0.15) is 0 Å². The maximum Gasteiger partial charge on any atom is 0.121 e. The minimum absolute atomic E-state index is 0.629. The van der Waals surface area contributed by atoms with Gasteiger partial charge in [-0.15, -0.1) is 0 Å². The molecule has 0 bridgehead atoms. The number of hydrogen-bond donors (Lipinski definition) is 1. The van der Waals surface area contributed by atoms with Crippen LogP contribution in [-0.2, 0) is 0 Å². The Bertz CT molecular complexity index is 558. The van der Waals surface area contributed by atoms with Crippen LogP contribution in [0.5, 0.6) is 0 Å². The molecule has 2 aromatic rings. The summed E-state index contributed by atoms with van der Waals surface area (Å²) in [5.74, 6) is 0.739. The van der Waals surface area contributed by atoms with Crippen molar-refractivity contribution < 1.29 is 5.11 Å². The first-order chi connectivity index (χ1) is 9.24. The van der Waals surface area contributed by atoms with E-state index in [0.29, 0.717) is 0 Å². The molecule has 1 aliphatic rings. The van der Waals surface area contributed by atoms with Crippen molar-refractivity contribution >= 4 is 0 Å². The number of benzene rings is 1. The van der Waals surface area contributed by atoms with Crippen molar-refractivity contribution in [2.24, 2.45) is 0 Å². The van der Waals surface area contributed by atoms with Crippen molar-refractivity contribution in [1.29, 1.82) is 0 Å². The smallest absolute Gasteiger partial charge is 0.121 e. The van der Waals surface area contributed by atoms with E-state index < -0.39 is 6.10 Å². The van der Waals surface area contributed by atoms with Crippen molar-refractivity contribution in [2.45, 2.75) is 38.2 Å². The Balaban J connectivity index is 1.81. The average Bonchev–Trinajstić information content (AvgIpc) is 2.37. The van der Waals surface area contributed by atoms with Crippen LogP contribution in [0, 0.1) is 6.92 Å². The van der Waals surface area contributed by atoms with Crippen molar-refractivity contribution in [2.75, 3.05) is 0 Å². The molecule has 0 saturated heterocycles. The van der Waals surface area contributed by atoms with Gasteiger partial charge in [-0.1, -0.05) is 30.7 Å². The van der Waals surface area contributed by atoms with Gasteiger partial charge in [-0.25, -0.2) is 0 Å². The van der Waals surface area contributed by atoms with Gasteiger partial charge in [0.05, 0.1) is 5.69 Å². The predicted molar refractivity (Wildman–Crippen MR) is 76.1 cm³/mol. The Morgan fingerprint density at radius 1 is 1.16 bits per heavy atom. The van der Waals surface area contributed by atoms with Gasteiger partial charge < -0.3 is 5.11 Å². The van der Waals surface area contributed by atoms with E-state index in [1.807, 2.05) is 31.2 Å². The number of aromatic nitrogens is 1. The number of aliphatic hydroxyl groups excluding tert-OH is 1. The molecular formula is C17H19NO. The quantitative estimate of drug-likeness (QED) is 0.904. The van der Waals surface area contributed by atoms with E-state index in [4.69, 9.17) is 0 Å². The van der Waals surface area contributed by atoms with Gasteiger partial charge >= 0.3 is 0 Å². The topological polar surface area (TPSA) is 33.1 Å². The molecule has 1 aliphatic carbocycles. The van der Waals surface area contributed by atoms with Crippen molar-refractivity contribution in [1.82, 2.24) is 4.98 Å². The van der Waals surface area contributed by atoms with E-state index in [1.165, 1.54) is 24.8 Å². The van der Waals surface area contributed by atoms with E-state index in [0.717, 1.165) is 22.7 Å². The minimum Gasteiger partial charge on any atom is -0.382 e. The summed E-state index contributed by atoms with van der Waals surface area (Å²) in [7, 11) is 0. The lowest BCUT2D eigenvalue weighted by molar-refractivity contribution is 0.215. The molecule has 1 aromatic heterocycles. The lowest BCUT2D eigenvalue weighted by Gasteiger charge is -2.26. The largest absolute Gasteiger partial charge is 0.382 e. The predicted octanol–water partition coefficient (Wildman–Crippen LogP) is 3.74. The Kier molecular flexibility index (Phi) is 3.34. The van der Waals surface area contributed by atoms with Gasteiger partial charge in [0.25, 0.3) is 0 Å². The van der Waals surface area contributed by atoms with E-state index in [9.17, 15) is 5.11 Å². The number of aliphatic hydroxyl groups is 1. The highest BCUT2D eigenvalue weighted by atomic mass is 16.3. The SMILES string of the molecule is Cc1ccnc(C(O)c2ccc(C3CCC3)cc2)c1. The van der Waals surface area contributed by atoms with Crippen LogP contribution in [0.3, 0.4) is 0 Å². The summed E-state index contributed by atoms with van der Waals surface area (Å²) >= 11 is 0. The van der Waals surface area contributed by atoms with Gasteiger partial charge in [-0.3, -0.25) is 4.98 Å². The van der Waals surface area contributed by atoms with Gasteiger partial charge in [0, 0.05) is 6.20 Å². The molecule has 1 heterocycles. The number of hydrogen-bond acceptors (Lipinski definition) is 2. The third-order valence-corrected chi connectivity index (χ3v) is 4.05. The molecule has 1 fully saturated rings. The fourth-order valence-electron chi connectivity index (χ4n) is 2.57. The first-order valence-corrected chi connectivity index (χ1v) is 6.94. The normalized spacial score (nSPS) is 16.9. The lowest BCUT2D eigenvalue weighted by atomic mass is 9.80. The van der Waals surface area contributed by atoms with E-state index in [-0.39, 0.29) is 0 Å². The maximum absolute atomic E-state index is 10.4. The Morgan fingerprint density at radius 2 is 1.89 bits per heavy atom. The molecule has 3 rings (SSSR count). The Labute approximate surface area is 114 Å². The van der Waals surface area contributed by atoms with Crippen LogP contribution in [0.25, 0.3) is 0 Å². The van der Waals surface area contributed by atoms with Gasteiger partial charge in [0.2, 0.25) is 0 Å². The summed E-state index contributed by atoms with van der Waals surface area (Å²) in [6.45, 7) is 2.01. The zero-order valence-corrected chi connectivity index (χ0v) is 11.2. The van der Waals surface area contributed by atoms with Crippen molar-refractivity contribution in [3.63, 3.8) is 0 Å². The molecule has 19 heavy (non-hydrogen) atoms. The zero-order valence-electron chi connectivity index (χ0n) is 11.2. The molecule has 1 N–H and O–H groups in total. The maximum atomic E-state index is 10.4. The highest BCUT2D eigenvalue weighted by Crippen LogP contribution is 2.36. The van der Waals surface area contributed by atoms with Gasteiger partial charge in [-0.05, 0) is 54.5 Å². The van der Waals surface area contributed by atoms with E-state index in [1.54, 1.807) is 6.20 Å². The summed E-state index contributed by atoms with van der Waals surface area (Å²) in [5, 5.41) is 10.4. The summed E-state index contributed by atoms with van der Waals surface area (Å²) in [6.07, 6.45) is 5.08. The van der Waals surface area contributed by atoms with Crippen molar-refractivity contribution in [3.05, 3.63) is 65.0 Å². The third kappa shape index (κ3) is 2.54. The summed E-state index contributed by atoms with van der Waals surface area (Å²) in [5.41, 5.74) is 4.16. The van der Waals surface area contributed by atoms with Crippen LogP contribution in [-0.4, -0.2) is 10.1 Å². The fourth-order valence-corrected chi connectivity index (χ4v) is 2.57. The zero-order chi connectivity index (χ0) is 13.2. The fraction of sp³-hybridized carbons (Fsp3) is 0.353. The molecule has 2 heteroatoms. The monoisotopic (exact) mass is 253 g/mol. The van der Waals surface area contributed by atoms with Crippen LogP contribution >= 0.6 is 0 Å². The molecule has 0 spiro atoms.